The second kappa shape index (κ2) is 6.58. The first-order valence-electron chi connectivity index (χ1n) is 5.23. The van der Waals surface area contributed by atoms with E-state index in [0.29, 0.717) is 3.71 Å². The van der Waals surface area contributed by atoms with Crippen LogP contribution in [0.4, 0.5) is 13.2 Å². The molecule has 0 aliphatic rings. The SMILES string of the molecule is [CH3][Sn]([CH3])[c]1nc(CF)c(CF)c(CO)c1CF. The molecule has 0 bridgehead atoms. The van der Waals surface area contributed by atoms with Gasteiger partial charge in [-0.1, -0.05) is 0 Å². The third-order valence-electron chi connectivity index (χ3n) is 2.64. The van der Waals surface area contributed by atoms with Crippen LogP contribution in [0.2, 0.25) is 9.88 Å². The maximum absolute atomic E-state index is 13.0. The molecule has 0 unspecified atom stereocenters. The number of hydrogen-bond acceptors (Lipinski definition) is 2. The minimum absolute atomic E-state index is 0.00514. The molecule has 95 valence electrons. The van der Waals surface area contributed by atoms with Gasteiger partial charge in [-0.05, 0) is 0 Å². The van der Waals surface area contributed by atoms with E-state index in [1.165, 1.54) is 0 Å². The number of nitrogens with zero attached hydrogens (tertiary/aromatic N) is 1. The molecule has 0 saturated heterocycles. The molecular weight excluding hydrogens is 338 g/mol. The summed E-state index contributed by atoms with van der Waals surface area (Å²) in [5.74, 6) is 0. The van der Waals surface area contributed by atoms with E-state index in [-0.39, 0.29) is 22.4 Å². The second-order valence-corrected chi connectivity index (χ2v) is 11.0. The fourth-order valence-electron chi connectivity index (χ4n) is 1.79. The monoisotopic (exact) mass is 354 g/mol. The molecule has 1 heterocycles. The van der Waals surface area contributed by atoms with E-state index in [9.17, 15) is 18.3 Å². The van der Waals surface area contributed by atoms with Crippen LogP contribution in [-0.4, -0.2) is 29.9 Å². The summed E-state index contributed by atoms with van der Waals surface area (Å²) in [6.07, 6.45) is 0. The van der Waals surface area contributed by atoms with Crippen LogP contribution < -0.4 is 3.71 Å². The summed E-state index contributed by atoms with van der Waals surface area (Å²) in [5.41, 5.74) is 0.479. The van der Waals surface area contributed by atoms with Crippen LogP contribution in [0, 0.1) is 0 Å². The van der Waals surface area contributed by atoms with Gasteiger partial charge in [0.15, 0.2) is 0 Å². The van der Waals surface area contributed by atoms with Gasteiger partial charge in [-0.2, -0.15) is 0 Å². The number of aromatic nitrogens is 1. The molecule has 0 spiro atoms. The van der Waals surface area contributed by atoms with Crippen LogP contribution in [0.3, 0.4) is 0 Å². The number of aliphatic hydroxyl groups excluding tert-OH is 1. The zero-order chi connectivity index (χ0) is 13.0. The minimum atomic E-state index is -2.01. The van der Waals surface area contributed by atoms with Crippen LogP contribution in [0.15, 0.2) is 0 Å². The molecule has 6 heteroatoms. The summed E-state index contributed by atoms with van der Waals surface area (Å²) in [7, 11) is 0. The molecule has 0 aromatic carbocycles. The van der Waals surface area contributed by atoms with Gasteiger partial charge >= 0.3 is 106 Å². The van der Waals surface area contributed by atoms with Gasteiger partial charge in [0, 0.05) is 0 Å². The van der Waals surface area contributed by atoms with E-state index in [4.69, 9.17) is 0 Å². The summed E-state index contributed by atoms with van der Waals surface area (Å²) in [4.78, 5) is 8.04. The van der Waals surface area contributed by atoms with Crippen molar-refractivity contribution in [3.8, 4) is 0 Å². The van der Waals surface area contributed by atoms with Gasteiger partial charge in [-0.25, -0.2) is 0 Å². The van der Waals surface area contributed by atoms with E-state index in [0.717, 1.165) is 0 Å². The Balaban J connectivity index is 3.54. The third kappa shape index (κ3) is 2.93. The summed E-state index contributed by atoms with van der Waals surface area (Å²) in [6.45, 7) is -3.08. The zero-order valence-corrected chi connectivity index (χ0v) is 12.7. The van der Waals surface area contributed by atoms with Crippen molar-refractivity contribution in [3.63, 3.8) is 0 Å². The molecule has 1 aromatic heterocycles. The normalized spacial score (nSPS) is 11.2. The molecular formula is C11H15F3NOSn. The molecule has 1 aromatic rings. The number of aliphatic hydroxyl groups is 1. The van der Waals surface area contributed by atoms with Crippen molar-refractivity contribution in [2.45, 2.75) is 36.5 Å². The number of halogens is 3. The average molecular weight is 353 g/mol. The first-order valence-corrected chi connectivity index (χ1v) is 12.4. The van der Waals surface area contributed by atoms with Gasteiger partial charge in [-0.3, -0.25) is 0 Å². The fraction of sp³-hybridized carbons (Fsp3) is 0.545. The number of pyridine rings is 1. The Bertz CT molecular complexity index is 399. The molecule has 0 saturated carbocycles. The number of alkyl halides is 3. The standard InChI is InChI=1S/C9H9F3NO.2CH3.Sn/c10-1-6-4-13-9(3-12)7(2-11)8(6)5-14;;;/h14H,1-3,5H2;2*1H3;. The predicted molar refractivity (Wildman–Crippen MR) is 61.7 cm³/mol. The molecule has 0 atom stereocenters. The first kappa shape index (κ1) is 14.8. The van der Waals surface area contributed by atoms with Crippen molar-refractivity contribution in [2.24, 2.45) is 0 Å². The van der Waals surface area contributed by atoms with Crippen LogP contribution >= 0.6 is 0 Å². The Labute approximate surface area is 106 Å². The van der Waals surface area contributed by atoms with Gasteiger partial charge < -0.3 is 0 Å². The van der Waals surface area contributed by atoms with Crippen LogP contribution in [0.25, 0.3) is 0 Å². The molecule has 0 amide bonds. The average Bonchev–Trinajstić information content (AvgIpc) is 2.35. The van der Waals surface area contributed by atoms with Crippen molar-refractivity contribution in [1.82, 2.24) is 4.98 Å². The zero-order valence-electron chi connectivity index (χ0n) is 9.86. The van der Waals surface area contributed by atoms with Crippen molar-refractivity contribution < 1.29 is 18.3 Å². The predicted octanol–water partition coefficient (Wildman–Crippen LogP) is 1.94. The molecule has 0 aliphatic carbocycles. The Morgan fingerprint density at radius 2 is 1.59 bits per heavy atom. The van der Waals surface area contributed by atoms with Gasteiger partial charge in [-0.15, -0.1) is 0 Å². The van der Waals surface area contributed by atoms with Crippen LogP contribution in [0.1, 0.15) is 22.4 Å². The second-order valence-electron chi connectivity index (χ2n) is 3.90. The fourth-order valence-corrected chi connectivity index (χ4v) is 5.15. The van der Waals surface area contributed by atoms with Crippen molar-refractivity contribution in [2.75, 3.05) is 0 Å². The Morgan fingerprint density at radius 1 is 1.00 bits per heavy atom. The van der Waals surface area contributed by atoms with E-state index in [2.05, 4.69) is 4.98 Å². The topological polar surface area (TPSA) is 33.1 Å². The van der Waals surface area contributed by atoms with Gasteiger partial charge in [0.05, 0.1) is 0 Å². The summed E-state index contributed by atoms with van der Waals surface area (Å²) in [5, 5.41) is 9.23. The third-order valence-corrected chi connectivity index (χ3v) is 6.52. The molecule has 0 fully saturated rings. The Hall–Kier alpha value is -0.301. The van der Waals surface area contributed by atoms with Crippen LogP contribution in [-0.2, 0) is 26.6 Å². The van der Waals surface area contributed by atoms with Crippen molar-refractivity contribution >= 4 is 23.5 Å². The summed E-state index contributed by atoms with van der Waals surface area (Å²) in [6, 6.07) is 0. The van der Waals surface area contributed by atoms with Crippen molar-refractivity contribution in [1.29, 1.82) is 0 Å². The number of rotatable bonds is 5. The van der Waals surface area contributed by atoms with Gasteiger partial charge in [0.1, 0.15) is 0 Å². The molecule has 1 N–H and O–H groups in total. The quantitative estimate of drug-likeness (QED) is 0.821. The van der Waals surface area contributed by atoms with E-state index in [1.54, 1.807) is 0 Å². The van der Waals surface area contributed by atoms with E-state index >= 15 is 0 Å². The van der Waals surface area contributed by atoms with Gasteiger partial charge in [0.2, 0.25) is 0 Å². The van der Waals surface area contributed by atoms with Crippen molar-refractivity contribution in [3.05, 3.63) is 22.4 Å². The molecule has 17 heavy (non-hydrogen) atoms. The molecule has 0 aliphatic heterocycles. The van der Waals surface area contributed by atoms with Crippen LogP contribution in [0.5, 0.6) is 0 Å². The van der Waals surface area contributed by atoms with Gasteiger partial charge in [0.25, 0.3) is 0 Å². The number of hydrogen-bond donors (Lipinski definition) is 1. The summed E-state index contributed by atoms with van der Waals surface area (Å²) < 4.78 is 39.2. The summed E-state index contributed by atoms with van der Waals surface area (Å²) >= 11 is -2.01. The molecule has 1 rings (SSSR count). The molecule has 1 radical (unpaired) electrons. The Kier molecular flexibility index (Phi) is 5.71. The van der Waals surface area contributed by atoms with E-state index in [1.807, 2.05) is 9.88 Å². The van der Waals surface area contributed by atoms with E-state index < -0.39 is 46.4 Å². The maximum atomic E-state index is 13.0. The molecule has 2 nitrogen and oxygen atoms in total. The Morgan fingerprint density at radius 3 is 1.94 bits per heavy atom. The first-order chi connectivity index (χ1) is 8.10.